The monoisotopic (exact) mass is 471 g/mol. The van der Waals surface area contributed by atoms with E-state index in [-0.39, 0.29) is 24.0 Å². The van der Waals surface area contributed by atoms with E-state index < -0.39 is 11.7 Å². The highest BCUT2D eigenvalue weighted by molar-refractivity contribution is 9.10. The number of ketones is 1. The Morgan fingerprint density at radius 1 is 1.10 bits per heavy atom. The van der Waals surface area contributed by atoms with Crippen molar-refractivity contribution >= 4 is 27.6 Å². The summed E-state index contributed by atoms with van der Waals surface area (Å²) in [5.74, 6) is -0.389. The lowest BCUT2D eigenvalue weighted by Crippen LogP contribution is -2.38. The molecule has 0 radical (unpaired) electrons. The molecule has 6 heteroatoms. The normalized spacial score (nSPS) is 21.3. The molecule has 1 aliphatic heterocycles. The van der Waals surface area contributed by atoms with Crippen LogP contribution in [-0.4, -0.2) is 18.3 Å². The predicted octanol–water partition coefficient (Wildman–Crippen LogP) is 5.38. The van der Waals surface area contributed by atoms with Crippen LogP contribution in [0.15, 0.2) is 58.2 Å². The van der Waals surface area contributed by atoms with Crippen LogP contribution in [0.25, 0.3) is 0 Å². The van der Waals surface area contributed by atoms with E-state index in [2.05, 4.69) is 28.2 Å². The summed E-state index contributed by atoms with van der Waals surface area (Å²) in [4.78, 5) is 25.5. The number of allylic oxidation sites excluding steroid dienone is 2. The quantitative estimate of drug-likeness (QED) is 0.636. The SMILES string of the molecule is CCCOc1ccc(C2CC(=O)C3=C(C2)NC(=O)CC3c2cc(Br)ccc2F)cc1. The maximum Gasteiger partial charge on any atom is 0.225 e. The zero-order chi connectivity index (χ0) is 21.3. The maximum absolute atomic E-state index is 14.5. The second-order valence-electron chi connectivity index (χ2n) is 7.81. The second-order valence-corrected chi connectivity index (χ2v) is 8.72. The van der Waals surface area contributed by atoms with Crippen molar-refractivity contribution in [2.24, 2.45) is 0 Å². The molecule has 0 fully saturated rings. The van der Waals surface area contributed by atoms with Gasteiger partial charge in [0.25, 0.3) is 0 Å². The number of carbonyl (C=O) groups is 2. The van der Waals surface area contributed by atoms with Gasteiger partial charge in [-0.25, -0.2) is 4.39 Å². The Balaban J connectivity index is 1.63. The van der Waals surface area contributed by atoms with E-state index in [4.69, 9.17) is 4.74 Å². The van der Waals surface area contributed by atoms with Crippen LogP contribution in [0.5, 0.6) is 5.75 Å². The number of benzene rings is 2. The van der Waals surface area contributed by atoms with Gasteiger partial charge in [0.2, 0.25) is 5.91 Å². The van der Waals surface area contributed by atoms with Crippen molar-refractivity contribution in [2.75, 3.05) is 6.61 Å². The Bertz CT molecular complexity index is 1020. The van der Waals surface area contributed by atoms with Gasteiger partial charge < -0.3 is 10.1 Å². The molecule has 1 amide bonds. The molecule has 2 atom stereocenters. The highest BCUT2D eigenvalue weighted by Gasteiger charge is 2.39. The number of rotatable bonds is 5. The van der Waals surface area contributed by atoms with Crippen LogP contribution >= 0.6 is 15.9 Å². The number of halogens is 2. The molecule has 2 aliphatic rings. The highest BCUT2D eigenvalue weighted by atomic mass is 79.9. The minimum atomic E-state index is -0.551. The van der Waals surface area contributed by atoms with Crippen molar-refractivity contribution < 1.29 is 18.7 Å². The molecule has 2 aromatic rings. The van der Waals surface area contributed by atoms with Crippen LogP contribution < -0.4 is 10.1 Å². The molecule has 4 nitrogen and oxygen atoms in total. The Morgan fingerprint density at radius 2 is 1.87 bits per heavy atom. The number of hydrogen-bond acceptors (Lipinski definition) is 3. The average Bonchev–Trinajstić information content (AvgIpc) is 2.73. The summed E-state index contributed by atoms with van der Waals surface area (Å²) in [6, 6.07) is 12.4. The first kappa shape index (κ1) is 20.8. The van der Waals surface area contributed by atoms with Gasteiger partial charge in [-0.2, -0.15) is 0 Å². The van der Waals surface area contributed by atoms with Crippen LogP contribution in [0.1, 0.15) is 55.6 Å². The van der Waals surface area contributed by atoms with Gasteiger partial charge in [0, 0.05) is 34.5 Å². The number of carbonyl (C=O) groups excluding carboxylic acids is 2. The molecule has 2 aromatic carbocycles. The topological polar surface area (TPSA) is 55.4 Å². The van der Waals surface area contributed by atoms with Gasteiger partial charge in [0.15, 0.2) is 5.78 Å². The van der Waals surface area contributed by atoms with Crippen LogP contribution in [0.3, 0.4) is 0 Å². The number of amides is 1. The van der Waals surface area contributed by atoms with Crippen LogP contribution in [0, 0.1) is 5.82 Å². The first-order valence-electron chi connectivity index (χ1n) is 10.2. The molecule has 4 rings (SSSR count). The van der Waals surface area contributed by atoms with Crippen LogP contribution in [0.4, 0.5) is 4.39 Å². The van der Waals surface area contributed by atoms with Crippen molar-refractivity contribution in [3.63, 3.8) is 0 Å². The molecule has 1 N–H and O–H groups in total. The Labute approximate surface area is 183 Å². The third kappa shape index (κ3) is 4.19. The van der Waals surface area contributed by atoms with E-state index in [1.165, 1.54) is 6.07 Å². The van der Waals surface area contributed by atoms with Crippen molar-refractivity contribution in [3.05, 3.63) is 75.2 Å². The first-order chi connectivity index (χ1) is 14.5. The Kier molecular flexibility index (Phi) is 6.04. The highest BCUT2D eigenvalue weighted by Crippen LogP contribution is 2.43. The summed E-state index contributed by atoms with van der Waals surface area (Å²) >= 11 is 3.36. The Hall–Kier alpha value is -2.47. The lowest BCUT2D eigenvalue weighted by Gasteiger charge is -2.34. The molecule has 0 aromatic heterocycles. The predicted molar refractivity (Wildman–Crippen MR) is 116 cm³/mol. The first-order valence-corrected chi connectivity index (χ1v) is 11.0. The summed E-state index contributed by atoms with van der Waals surface area (Å²) in [5, 5.41) is 2.88. The van der Waals surface area contributed by atoms with Gasteiger partial charge >= 0.3 is 0 Å². The van der Waals surface area contributed by atoms with Gasteiger partial charge in [-0.05, 0) is 60.2 Å². The summed E-state index contributed by atoms with van der Waals surface area (Å²) in [5.41, 5.74) is 2.59. The van der Waals surface area contributed by atoms with E-state index >= 15 is 0 Å². The number of ether oxygens (including phenoxy) is 1. The minimum Gasteiger partial charge on any atom is -0.494 e. The summed E-state index contributed by atoms with van der Waals surface area (Å²) in [6.07, 6.45) is 1.91. The van der Waals surface area contributed by atoms with E-state index in [1.807, 2.05) is 24.3 Å². The fourth-order valence-corrected chi connectivity index (χ4v) is 4.68. The third-order valence-corrected chi connectivity index (χ3v) is 6.19. The molecule has 2 unspecified atom stereocenters. The zero-order valence-electron chi connectivity index (χ0n) is 16.7. The molecular formula is C24H23BrFNO3. The van der Waals surface area contributed by atoms with Gasteiger partial charge in [-0.15, -0.1) is 0 Å². The zero-order valence-corrected chi connectivity index (χ0v) is 18.3. The molecular weight excluding hydrogens is 449 g/mol. The summed E-state index contributed by atoms with van der Waals surface area (Å²) in [7, 11) is 0. The van der Waals surface area contributed by atoms with Crippen molar-refractivity contribution in [1.82, 2.24) is 5.32 Å². The molecule has 1 aliphatic carbocycles. The summed E-state index contributed by atoms with van der Waals surface area (Å²) < 4.78 is 20.9. The molecule has 1 heterocycles. The van der Waals surface area contributed by atoms with Gasteiger partial charge in [0.1, 0.15) is 11.6 Å². The second kappa shape index (κ2) is 8.72. The fourth-order valence-electron chi connectivity index (χ4n) is 4.30. The third-order valence-electron chi connectivity index (χ3n) is 5.69. The van der Waals surface area contributed by atoms with E-state index in [9.17, 15) is 14.0 Å². The van der Waals surface area contributed by atoms with Crippen LogP contribution in [0.2, 0.25) is 0 Å². The maximum atomic E-state index is 14.5. The number of nitrogens with one attached hydrogen (secondary N) is 1. The van der Waals surface area contributed by atoms with E-state index in [0.29, 0.717) is 36.3 Å². The van der Waals surface area contributed by atoms with Crippen molar-refractivity contribution in [3.8, 4) is 5.75 Å². The van der Waals surface area contributed by atoms with Gasteiger partial charge in [-0.3, -0.25) is 9.59 Å². The van der Waals surface area contributed by atoms with Gasteiger partial charge in [0.05, 0.1) is 6.61 Å². The van der Waals surface area contributed by atoms with E-state index in [0.717, 1.165) is 22.2 Å². The molecule has 30 heavy (non-hydrogen) atoms. The largest absolute Gasteiger partial charge is 0.494 e. The lowest BCUT2D eigenvalue weighted by molar-refractivity contribution is -0.122. The van der Waals surface area contributed by atoms with Crippen molar-refractivity contribution in [2.45, 2.75) is 44.4 Å². The average molecular weight is 472 g/mol. The molecule has 0 saturated heterocycles. The smallest absolute Gasteiger partial charge is 0.225 e. The number of hydrogen-bond donors (Lipinski definition) is 1. The summed E-state index contributed by atoms with van der Waals surface area (Å²) in [6.45, 7) is 2.72. The molecule has 0 saturated carbocycles. The minimum absolute atomic E-state index is 0.0251. The molecule has 0 bridgehead atoms. The molecule has 156 valence electrons. The fraction of sp³-hybridized carbons (Fsp3) is 0.333. The standard InChI is InChI=1S/C24H23BrFNO3/c1-2-9-30-17-6-3-14(4-7-17)15-10-21-24(22(28)11-15)19(13-23(29)27-21)18-12-16(25)5-8-20(18)26/h3-8,12,15,19H,2,9-11,13H2,1H3,(H,27,29). The van der Waals surface area contributed by atoms with Crippen molar-refractivity contribution in [1.29, 1.82) is 0 Å². The molecule has 0 spiro atoms. The lowest BCUT2D eigenvalue weighted by atomic mass is 9.73. The number of Topliss-reactive ketones (excluding diaryl/α,β-unsaturated/α-hetero) is 1. The van der Waals surface area contributed by atoms with Gasteiger partial charge in [-0.1, -0.05) is 35.0 Å². The Morgan fingerprint density at radius 3 is 2.60 bits per heavy atom. The van der Waals surface area contributed by atoms with Crippen LogP contribution in [-0.2, 0) is 9.59 Å². The van der Waals surface area contributed by atoms with E-state index in [1.54, 1.807) is 12.1 Å².